The maximum Gasteiger partial charge on any atom is 0.0522 e. The van der Waals surface area contributed by atoms with Crippen molar-refractivity contribution >= 4 is 27.3 Å². The molecule has 2 aromatic rings. The number of H-pyrrole nitrogens is 1. The molecule has 0 radical (unpaired) electrons. The molecule has 0 amide bonds. The van der Waals surface area contributed by atoms with Gasteiger partial charge in [0.05, 0.1) is 6.20 Å². The molecule has 0 aliphatic rings. The van der Waals surface area contributed by atoms with Crippen LogP contribution in [-0.4, -0.2) is 16.7 Å². The van der Waals surface area contributed by atoms with E-state index in [0.717, 1.165) is 25.9 Å². The van der Waals surface area contributed by atoms with Gasteiger partial charge in [-0.25, -0.2) is 0 Å². The molecular weight excluding hydrogens is 310 g/mol. The number of nitrogens with one attached hydrogen (secondary N) is 2. The van der Waals surface area contributed by atoms with E-state index >= 15 is 0 Å². The highest BCUT2D eigenvalue weighted by Gasteiger charge is 2.03. The topological polar surface area (TPSA) is 40.7 Å². The Balaban J connectivity index is 1.66. The lowest BCUT2D eigenvalue weighted by molar-refractivity contribution is 0.653. The first-order chi connectivity index (χ1) is 8.66. The molecule has 0 aliphatic carbocycles. The Hall–Kier alpha value is -0.650. The fourth-order valence-corrected chi connectivity index (χ4v) is 3.42. The van der Waals surface area contributed by atoms with Crippen molar-refractivity contribution in [2.75, 3.05) is 6.54 Å². The predicted octanol–water partition coefficient (Wildman–Crippen LogP) is 3.57. The van der Waals surface area contributed by atoms with Crippen LogP contribution in [0.15, 0.2) is 16.7 Å². The van der Waals surface area contributed by atoms with Crippen molar-refractivity contribution in [1.82, 2.24) is 15.5 Å². The summed E-state index contributed by atoms with van der Waals surface area (Å²) in [6.07, 6.45) is 4.16. The molecule has 2 N–H and O–H groups in total. The van der Waals surface area contributed by atoms with E-state index < -0.39 is 0 Å². The van der Waals surface area contributed by atoms with Gasteiger partial charge in [0.2, 0.25) is 0 Å². The van der Waals surface area contributed by atoms with Gasteiger partial charge in [-0.2, -0.15) is 5.10 Å². The Morgan fingerprint density at radius 1 is 1.44 bits per heavy atom. The fourth-order valence-electron chi connectivity index (χ4n) is 1.85. The summed E-state index contributed by atoms with van der Waals surface area (Å²) in [5.74, 6) is 0. The minimum absolute atomic E-state index is 0.960. The maximum absolute atomic E-state index is 4.03. The molecule has 0 saturated heterocycles. The molecule has 0 aromatic carbocycles. The molecule has 0 aliphatic heterocycles. The summed E-state index contributed by atoms with van der Waals surface area (Å²) in [6, 6.07) is 2.20. The molecule has 0 bridgehead atoms. The third-order valence-electron chi connectivity index (χ3n) is 2.94. The molecular formula is C13H18BrN3S. The van der Waals surface area contributed by atoms with E-state index in [4.69, 9.17) is 0 Å². The van der Waals surface area contributed by atoms with Gasteiger partial charge in [-0.15, -0.1) is 11.3 Å². The monoisotopic (exact) mass is 327 g/mol. The van der Waals surface area contributed by atoms with Crippen molar-refractivity contribution in [2.24, 2.45) is 0 Å². The van der Waals surface area contributed by atoms with Gasteiger partial charge in [-0.05, 0) is 60.8 Å². The van der Waals surface area contributed by atoms with Crippen molar-refractivity contribution in [3.05, 3.63) is 37.7 Å². The summed E-state index contributed by atoms with van der Waals surface area (Å²) >= 11 is 5.39. The normalized spacial score (nSPS) is 11.1. The minimum atomic E-state index is 0.960. The van der Waals surface area contributed by atoms with Gasteiger partial charge >= 0.3 is 0 Å². The first kappa shape index (κ1) is 13.8. The summed E-state index contributed by atoms with van der Waals surface area (Å²) in [5.41, 5.74) is 2.51. The average molecular weight is 328 g/mol. The second-order valence-electron chi connectivity index (χ2n) is 4.42. The first-order valence-electron chi connectivity index (χ1n) is 6.11. The number of aromatic nitrogens is 2. The van der Waals surface area contributed by atoms with Crippen molar-refractivity contribution < 1.29 is 0 Å². The highest BCUT2D eigenvalue weighted by molar-refractivity contribution is 9.10. The first-order valence-corrected chi connectivity index (χ1v) is 7.72. The van der Waals surface area contributed by atoms with Gasteiger partial charge in [-0.3, -0.25) is 5.10 Å². The van der Waals surface area contributed by atoms with Crippen LogP contribution in [0.5, 0.6) is 0 Å². The Morgan fingerprint density at radius 2 is 2.28 bits per heavy atom. The molecule has 0 saturated carbocycles. The van der Waals surface area contributed by atoms with Gasteiger partial charge < -0.3 is 5.32 Å². The largest absolute Gasteiger partial charge is 0.312 e. The highest BCUT2D eigenvalue weighted by atomic mass is 79.9. The molecule has 2 heterocycles. The minimum Gasteiger partial charge on any atom is -0.312 e. The molecule has 3 nitrogen and oxygen atoms in total. The summed E-state index contributed by atoms with van der Waals surface area (Å²) in [6.45, 7) is 6.21. The predicted molar refractivity (Wildman–Crippen MR) is 80.1 cm³/mol. The Labute approximate surface area is 120 Å². The molecule has 0 atom stereocenters. The number of hydrogen-bond acceptors (Lipinski definition) is 3. The number of nitrogens with zero attached hydrogens (tertiary/aromatic N) is 1. The SMILES string of the molecule is Cc1[nH]ncc1CCCNCc1cc(Br)c(C)s1. The lowest BCUT2D eigenvalue weighted by atomic mass is 10.1. The highest BCUT2D eigenvalue weighted by Crippen LogP contribution is 2.26. The van der Waals surface area contributed by atoms with Gasteiger partial charge in [0, 0.05) is 26.5 Å². The summed E-state index contributed by atoms with van der Waals surface area (Å²) in [7, 11) is 0. The van der Waals surface area contributed by atoms with Crippen LogP contribution < -0.4 is 5.32 Å². The average Bonchev–Trinajstić information content (AvgIpc) is 2.87. The Kier molecular flexibility index (Phi) is 4.97. The zero-order chi connectivity index (χ0) is 13.0. The van der Waals surface area contributed by atoms with Crippen LogP contribution in [0.1, 0.15) is 27.4 Å². The van der Waals surface area contributed by atoms with Crippen LogP contribution in [0.25, 0.3) is 0 Å². The molecule has 0 spiro atoms. The third kappa shape index (κ3) is 3.67. The van der Waals surface area contributed by atoms with Gasteiger partial charge in [0.15, 0.2) is 0 Å². The van der Waals surface area contributed by atoms with Crippen LogP contribution in [-0.2, 0) is 13.0 Å². The van der Waals surface area contributed by atoms with Gasteiger partial charge in [-0.1, -0.05) is 0 Å². The number of hydrogen-bond donors (Lipinski definition) is 2. The lowest BCUT2D eigenvalue weighted by Crippen LogP contribution is -2.14. The van der Waals surface area contributed by atoms with E-state index in [1.807, 2.05) is 17.5 Å². The van der Waals surface area contributed by atoms with Crippen molar-refractivity contribution in [3.63, 3.8) is 0 Å². The summed E-state index contributed by atoms with van der Waals surface area (Å²) in [5, 5.41) is 10.5. The van der Waals surface area contributed by atoms with Crippen LogP contribution in [0.2, 0.25) is 0 Å². The molecule has 0 fully saturated rings. The van der Waals surface area contributed by atoms with Crippen LogP contribution >= 0.6 is 27.3 Å². The van der Waals surface area contributed by atoms with Crippen LogP contribution in [0.4, 0.5) is 0 Å². The van der Waals surface area contributed by atoms with Crippen molar-refractivity contribution in [3.8, 4) is 0 Å². The quantitative estimate of drug-likeness (QED) is 0.796. The standard InChI is InChI=1S/C13H18BrN3S/c1-9-11(7-16-17-9)4-3-5-15-8-12-6-13(14)10(2)18-12/h6-7,15H,3-5,8H2,1-2H3,(H,16,17). The zero-order valence-corrected chi connectivity index (χ0v) is 13.1. The molecule has 2 aromatic heterocycles. The van der Waals surface area contributed by atoms with E-state index in [2.05, 4.69) is 51.4 Å². The van der Waals surface area contributed by atoms with Crippen LogP contribution in [0, 0.1) is 13.8 Å². The van der Waals surface area contributed by atoms with E-state index in [-0.39, 0.29) is 0 Å². The number of rotatable bonds is 6. The Bertz CT molecular complexity index is 485. The van der Waals surface area contributed by atoms with E-state index in [9.17, 15) is 0 Å². The van der Waals surface area contributed by atoms with Crippen molar-refractivity contribution in [1.29, 1.82) is 0 Å². The number of aromatic amines is 1. The zero-order valence-electron chi connectivity index (χ0n) is 10.7. The number of thiophene rings is 1. The third-order valence-corrected chi connectivity index (χ3v) is 5.08. The summed E-state index contributed by atoms with van der Waals surface area (Å²) < 4.78 is 1.22. The second kappa shape index (κ2) is 6.50. The van der Waals surface area contributed by atoms with E-state index in [1.165, 1.54) is 25.5 Å². The van der Waals surface area contributed by atoms with E-state index in [1.54, 1.807) is 0 Å². The number of aryl methyl sites for hydroxylation is 3. The molecule has 2 rings (SSSR count). The molecule has 0 unspecified atom stereocenters. The fraction of sp³-hybridized carbons (Fsp3) is 0.462. The second-order valence-corrected chi connectivity index (χ2v) is 6.61. The smallest absolute Gasteiger partial charge is 0.0522 e. The van der Waals surface area contributed by atoms with Gasteiger partial charge in [0.1, 0.15) is 0 Å². The molecule has 18 heavy (non-hydrogen) atoms. The maximum atomic E-state index is 4.03. The van der Waals surface area contributed by atoms with Crippen LogP contribution in [0.3, 0.4) is 0 Å². The lowest BCUT2D eigenvalue weighted by Gasteiger charge is -2.02. The molecule has 5 heteroatoms. The molecule has 98 valence electrons. The number of halogens is 1. The van der Waals surface area contributed by atoms with Crippen molar-refractivity contribution in [2.45, 2.75) is 33.2 Å². The van der Waals surface area contributed by atoms with Gasteiger partial charge in [0.25, 0.3) is 0 Å². The Morgan fingerprint density at radius 3 is 2.89 bits per heavy atom. The van der Waals surface area contributed by atoms with E-state index in [0.29, 0.717) is 0 Å². The summed E-state index contributed by atoms with van der Waals surface area (Å²) in [4.78, 5) is 2.74.